The summed E-state index contributed by atoms with van der Waals surface area (Å²) in [6.45, 7) is 7.76. The lowest BCUT2D eigenvalue weighted by molar-refractivity contribution is 0.803. The largest absolute Gasteiger partial charge is 0.382 e. The van der Waals surface area contributed by atoms with Gasteiger partial charge in [0.2, 0.25) is 0 Å². The molecule has 0 unspecified atom stereocenters. The number of aromatic nitrogens is 1. The van der Waals surface area contributed by atoms with Crippen molar-refractivity contribution >= 4 is 33.1 Å². The van der Waals surface area contributed by atoms with Crippen molar-refractivity contribution in [2.45, 2.75) is 6.54 Å². The van der Waals surface area contributed by atoms with Crippen LogP contribution >= 0.6 is 15.9 Å². The van der Waals surface area contributed by atoms with Crippen LogP contribution in [0.15, 0.2) is 64.2 Å². The minimum absolute atomic E-state index is 0.514. The second-order valence-corrected chi connectivity index (χ2v) is 6.59. The van der Waals surface area contributed by atoms with E-state index >= 15 is 0 Å². The Hall–Kier alpha value is -2.84. The molecule has 3 aromatic rings. The lowest BCUT2D eigenvalue weighted by Crippen LogP contribution is -2.16. The number of rotatable bonds is 1. The number of fused-ring (bicyclic) bond motifs is 2. The molecule has 1 aliphatic rings. The molecule has 0 spiro atoms. The second-order valence-electron chi connectivity index (χ2n) is 5.67. The van der Waals surface area contributed by atoms with E-state index in [4.69, 9.17) is 12.3 Å². The number of nitrogens with two attached hydrogens (primary N) is 1. The van der Waals surface area contributed by atoms with Gasteiger partial charge in [0.25, 0.3) is 0 Å². The van der Waals surface area contributed by atoms with Crippen molar-refractivity contribution in [1.29, 1.82) is 0 Å². The van der Waals surface area contributed by atoms with E-state index in [1.807, 2.05) is 42.5 Å². The standard InChI is InChI=1S/C19H13BrN4/c1-22-16-5-2-12(3-6-16)13-9-18-19(21)23-17-7-4-15(20)8-14(17)11-24(18)10-13/h2-10H,11H2,(H2,21,23). The lowest BCUT2D eigenvalue weighted by Gasteiger charge is -2.06. The van der Waals surface area contributed by atoms with Crippen LogP contribution in [-0.4, -0.2) is 10.4 Å². The van der Waals surface area contributed by atoms with E-state index < -0.39 is 0 Å². The van der Waals surface area contributed by atoms with Crippen molar-refractivity contribution in [2.24, 2.45) is 10.7 Å². The fourth-order valence-electron chi connectivity index (χ4n) is 2.90. The number of aliphatic imine (C=N–C) groups is 1. The molecule has 1 aliphatic heterocycles. The first-order valence-corrected chi connectivity index (χ1v) is 8.24. The number of hydrogen-bond donors (Lipinski definition) is 1. The molecule has 1 aromatic heterocycles. The van der Waals surface area contributed by atoms with Gasteiger partial charge in [-0.05, 0) is 35.4 Å². The molecule has 4 rings (SSSR count). The smallest absolute Gasteiger partial charge is 0.187 e. The van der Waals surface area contributed by atoms with Crippen molar-refractivity contribution in [1.82, 2.24) is 4.57 Å². The van der Waals surface area contributed by atoms with Crippen LogP contribution in [0, 0.1) is 6.57 Å². The number of halogens is 1. The van der Waals surface area contributed by atoms with Crippen molar-refractivity contribution < 1.29 is 0 Å². The van der Waals surface area contributed by atoms with Crippen LogP contribution in [0.5, 0.6) is 0 Å². The summed E-state index contributed by atoms with van der Waals surface area (Å²) in [6.07, 6.45) is 2.08. The van der Waals surface area contributed by atoms with Crippen LogP contribution in [0.2, 0.25) is 0 Å². The number of hydrogen-bond acceptors (Lipinski definition) is 2. The highest BCUT2D eigenvalue weighted by Crippen LogP contribution is 2.31. The first kappa shape index (κ1) is 14.7. The maximum Gasteiger partial charge on any atom is 0.187 e. The summed E-state index contributed by atoms with van der Waals surface area (Å²) >= 11 is 3.51. The van der Waals surface area contributed by atoms with Crippen LogP contribution in [0.1, 0.15) is 11.3 Å². The van der Waals surface area contributed by atoms with Crippen LogP contribution < -0.4 is 5.73 Å². The molecule has 0 aliphatic carbocycles. The van der Waals surface area contributed by atoms with Gasteiger partial charge in [-0.15, -0.1) is 0 Å². The Kier molecular flexibility index (Phi) is 3.47. The molecule has 0 saturated carbocycles. The summed E-state index contributed by atoms with van der Waals surface area (Å²) in [5, 5.41) is 0. The number of nitrogens with zero attached hydrogens (tertiary/aromatic N) is 3. The summed E-state index contributed by atoms with van der Waals surface area (Å²) in [4.78, 5) is 8.00. The maximum absolute atomic E-state index is 7.05. The van der Waals surface area contributed by atoms with Gasteiger partial charge in [-0.1, -0.05) is 40.2 Å². The van der Waals surface area contributed by atoms with E-state index in [9.17, 15) is 0 Å². The van der Waals surface area contributed by atoms with Gasteiger partial charge in [0.05, 0.1) is 18.0 Å². The molecule has 0 atom stereocenters. The van der Waals surface area contributed by atoms with Crippen LogP contribution in [0.4, 0.5) is 11.4 Å². The van der Waals surface area contributed by atoms with E-state index in [1.54, 1.807) is 0 Å². The Morgan fingerprint density at radius 1 is 1.08 bits per heavy atom. The fraction of sp³-hybridized carbons (Fsp3) is 0.0526. The maximum atomic E-state index is 7.05. The average molecular weight is 377 g/mol. The van der Waals surface area contributed by atoms with Gasteiger partial charge in [0.15, 0.2) is 5.69 Å². The third-order valence-electron chi connectivity index (χ3n) is 4.11. The normalized spacial score (nSPS) is 12.6. The van der Waals surface area contributed by atoms with E-state index in [1.165, 1.54) is 0 Å². The topological polar surface area (TPSA) is 47.7 Å². The zero-order chi connectivity index (χ0) is 16.7. The monoisotopic (exact) mass is 376 g/mol. The summed E-state index contributed by atoms with van der Waals surface area (Å²) in [5.41, 5.74) is 11.9. The second kappa shape index (κ2) is 5.66. The number of amidine groups is 1. The van der Waals surface area contributed by atoms with Gasteiger partial charge in [0, 0.05) is 22.8 Å². The molecule has 0 amide bonds. The fourth-order valence-corrected chi connectivity index (χ4v) is 3.31. The highest BCUT2D eigenvalue weighted by atomic mass is 79.9. The Morgan fingerprint density at radius 2 is 1.88 bits per heavy atom. The summed E-state index contributed by atoms with van der Waals surface area (Å²) < 4.78 is 3.15. The SMILES string of the molecule is [C-]#[N+]c1ccc(-c2cc3n(c2)Cc2cc(Br)ccc2N=C3N)cc1. The molecular weight excluding hydrogens is 364 g/mol. The first-order valence-electron chi connectivity index (χ1n) is 7.45. The van der Waals surface area contributed by atoms with Gasteiger partial charge in [0.1, 0.15) is 5.84 Å². The third-order valence-corrected chi connectivity index (χ3v) is 4.61. The molecule has 2 N–H and O–H groups in total. The average Bonchev–Trinajstić information content (AvgIpc) is 2.96. The molecule has 2 aromatic carbocycles. The van der Waals surface area contributed by atoms with Crippen molar-refractivity contribution in [2.75, 3.05) is 0 Å². The molecule has 116 valence electrons. The summed E-state index contributed by atoms with van der Waals surface area (Å²) in [7, 11) is 0. The summed E-state index contributed by atoms with van der Waals surface area (Å²) in [5.74, 6) is 0.514. The van der Waals surface area contributed by atoms with Crippen LogP contribution in [0.25, 0.3) is 16.0 Å². The molecule has 0 radical (unpaired) electrons. The van der Waals surface area contributed by atoms with E-state index in [2.05, 4.69) is 42.6 Å². The zero-order valence-electron chi connectivity index (χ0n) is 12.7. The third kappa shape index (κ3) is 2.51. The molecule has 2 heterocycles. The Bertz CT molecular complexity index is 1010. The molecule has 0 saturated heterocycles. The van der Waals surface area contributed by atoms with Gasteiger partial charge < -0.3 is 10.3 Å². The zero-order valence-corrected chi connectivity index (χ0v) is 14.3. The molecule has 24 heavy (non-hydrogen) atoms. The molecule has 4 nitrogen and oxygen atoms in total. The van der Waals surface area contributed by atoms with Gasteiger partial charge in [-0.2, -0.15) is 0 Å². The highest BCUT2D eigenvalue weighted by molar-refractivity contribution is 9.10. The van der Waals surface area contributed by atoms with Gasteiger partial charge >= 0.3 is 0 Å². The Balaban J connectivity index is 1.79. The summed E-state index contributed by atoms with van der Waals surface area (Å²) in [6, 6.07) is 15.6. The Morgan fingerprint density at radius 3 is 2.62 bits per heavy atom. The quantitative estimate of drug-likeness (QED) is 0.605. The predicted molar refractivity (Wildman–Crippen MR) is 99.8 cm³/mol. The van der Waals surface area contributed by atoms with E-state index in [0.717, 1.165) is 32.5 Å². The van der Waals surface area contributed by atoms with Crippen molar-refractivity contribution in [3.8, 4) is 11.1 Å². The van der Waals surface area contributed by atoms with E-state index in [-0.39, 0.29) is 0 Å². The van der Waals surface area contributed by atoms with Crippen molar-refractivity contribution in [3.63, 3.8) is 0 Å². The predicted octanol–water partition coefficient (Wildman–Crippen LogP) is 4.87. The van der Waals surface area contributed by atoms with Crippen LogP contribution in [0.3, 0.4) is 0 Å². The van der Waals surface area contributed by atoms with Gasteiger partial charge in [-0.25, -0.2) is 9.84 Å². The molecule has 5 heteroatoms. The van der Waals surface area contributed by atoms with Crippen LogP contribution in [-0.2, 0) is 6.54 Å². The highest BCUT2D eigenvalue weighted by Gasteiger charge is 2.16. The molecule has 0 fully saturated rings. The minimum Gasteiger partial charge on any atom is -0.382 e. The number of benzene rings is 2. The first-order chi connectivity index (χ1) is 11.6. The molecule has 0 bridgehead atoms. The van der Waals surface area contributed by atoms with Gasteiger partial charge in [-0.3, -0.25) is 0 Å². The Labute approximate surface area is 148 Å². The lowest BCUT2D eigenvalue weighted by atomic mass is 10.1. The minimum atomic E-state index is 0.514. The van der Waals surface area contributed by atoms with Crippen molar-refractivity contribution in [3.05, 3.63) is 81.9 Å². The van der Waals surface area contributed by atoms with E-state index in [0.29, 0.717) is 18.1 Å². The molecular formula is C19H13BrN4.